The number of benzene rings is 2. The number of carbonyl (C=O) groups excluding carboxylic acids is 3. The number of aromatic nitrogens is 1. The van der Waals surface area contributed by atoms with Crippen LogP contribution in [0.3, 0.4) is 0 Å². The third-order valence-corrected chi connectivity index (χ3v) is 7.23. The van der Waals surface area contributed by atoms with E-state index in [9.17, 15) is 14.4 Å². The van der Waals surface area contributed by atoms with Crippen LogP contribution in [0.4, 0.5) is 0 Å². The molecule has 1 fully saturated rings. The second-order valence-corrected chi connectivity index (χ2v) is 9.50. The van der Waals surface area contributed by atoms with Crippen molar-refractivity contribution in [2.45, 2.75) is 31.8 Å². The predicted molar refractivity (Wildman–Crippen MR) is 137 cm³/mol. The molecule has 0 N–H and O–H groups in total. The van der Waals surface area contributed by atoms with Crippen molar-refractivity contribution in [3.8, 4) is 0 Å². The Morgan fingerprint density at radius 2 is 1.64 bits per heavy atom. The Bertz CT molecular complexity index is 1230. The molecule has 0 bridgehead atoms. The summed E-state index contributed by atoms with van der Waals surface area (Å²) in [7, 11) is 1.87. The number of pyridine rings is 1. The first-order valence-electron chi connectivity index (χ1n) is 12.4. The summed E-state index contributed by atoms with van der Waals surface area (Å²) in [6, 6.07) is 20.3. The number of rotatable bonds is 7. The van der Waals surface area contributed by atoms with Gasteiger partial charge in [-0.05, 0) is 54.8 Å². The normalized spacial score (nSPS) is 16.3. The monoisotopic (exact) mass is 482 g/mol. The molecule has 1 aromatic heterocycles. The van der Waals surface area contributed by atoms with Crippen LogP contribution < -0.4 is 0 Å². The lowest BCUT2D eigenvalue weighted by atomic mass is 10.0. The van der Waals surface area contributed by atoms with E-state index in [1.807, 2.05) is 42.4 Å². The highest BCUT2D eigenvalue weighted by molar-refractivity contribution is 6.21. The fourth-order valence-corrected chi connectivity index (χ4v) is 5.09. The smallest absolute Gasteiger partial charge is 0.261 e. The van der Waals surface area contributed by atoms with Gasteiger partial charge in [-0.2, -0.15) is 0 Å². The molecule has 184 valence electrons. The molecule has 7 nitrogen and oxygen atoms in total. The van der Waals surface area contributed by atoms with Gasteiger partial charge < -0.3 is 9.80 Å². The van der Waals surface area contributed by atoms with Gasteiger partial charge in [-0.3, -0.25) is 24.3 Å². The molecule has 2 aliphatic heterocycles. The molecule has 3 amide bonds. The molecule has 3 aromatic rings. The lowest BCUT2D eigenvalue weighted by molar-refractivity contribution is 0.0637. The quantitative estimate of drug-likeness (QED) is 0.481. The van der Waals surface area contributed by atoms with Crippen LogP contribution >= 0.6 is 0 Å². The first-order chi connectivity index (χ1) is 17.5. The van der Waals surface area contributed by atoms with Crippen molar-refractivity contribution in [3.05, 3.63) is 101 Å². The maximum Gasteiger partial charge on any atom is 0.261 e. The van der Waals surface area contributed by atoms with Gasteiger partial charge >= 0.3 is 0 Å². The second-order valence-electron chi connectivity index (χ2n) is 9.50. The lowest BCUT2D eigenvalue weighted by Crippen LogP contribution is -2.46. The highest BCUT2D eigenvalue weighted by Gasteiger charge is 2.35. The summed E-state index contributed by atoms with van der Waals surface area (Å²) in [5.74, 6) is -0.621. The largest absolute Gasteiger partial charge is 0.339 e. The molecule has 2 aromatic carbocycles. The molecule has 0 radical (unpaired) electrons. The Hall–Kier alpha value is -3.84. The standard InChI is InChI=1S/C29H30N4O3/c1-31(24-13-17-32(18-14-24)16-12-23-9-4-5-15-30-23)27(34)22-8-6-7-21(19-22)20-33-28(35)25-10-2-3-11-26(25)29(33)36/h2-11,15,19,24H,12-14,16-18,20H2,1H3. The van der Waals surface area contributed by atoms with Gasteiger partial charge in [0, 0.05) is 56.6 Å². The fourth-order valence-electron chi connectivity index (χ4n) is 5.09. The predicted octanol–water partition coefficient (Wildman–Crippen LogP) is 3.66. The van der Waals surface area contributed by atoms with Crippen LogP contribution in [-0.2, 0) is 13.0 Å². The summed E-state index contributed by atoms with van der Waals surface area (Å²) in [5, 5.41) is 0. The summed E-state index contributed by atoms with van der Waals surface area (Å²) >= 11 is 0. The number of hydrogen-bond acceptors (Lipinski definition) is 5. The summed E-state index contributed by atoms with van der Waals surface area (Å²) in [6.07, 6.45) is 4.62. The van der Waals surface area contributed by atoms with Gasteiger partial charge in [-0.25, -0.2) is 0 Å². The summed E-state index contributed by atoms with van der Waals surface area (Å²) in [5.41, 5.74) is 3.30. The number of imide groups is 1. The molecule has 7 heteroatoms. The number of carbonyl (C=O) groups is 3. The average Bonchev–Trinajstić information content (AvgIpc) is 3.17. The van der Waals surface area contributed by atoms with Crippen LogP contribution in [0.1, 0.15) is 55.2 Å². The molecule has 3 heterocycles. The lowest BCUT2D eigenvalue weighted by Gasteiger charge is -2.36. The maximum atomic E-state index is 13.3. The molecular weight excluding hydrogens is 452 g/mol. The van der Waals surface area contributed by atoms with Crippen molar-refractivity contribution in [3.63, 3.8) is 0 Å². The Kier molecular flexibility index (Phi) is 6.91. The van der Waals surface area contributed by atoms with Gasteiger partial charge in [0.2, 0.25) is 0 Å². The van der Waals surface area contributed by atoms with Gasteiger partial charge in [-0.15, -0.1) is 0 Å². The molecule has 0 aliphatic carbocycles. The molecule has 36 heavy (non-hydrogen) atoms. The van der Waals surface area contributed by atoms with Gasteiger partial charge in [0.15, 0.2) is 0 Å². The highest BCUT2D eigenvalue weighted by atomic mass is 16.2. The van der Waals surface area contributed by atoms with Crippen LogP contribution in [0.5, 0.6) is 0 Å². The van der Waals surface area contributed by atoms with E-state index in [4.69, 9.17) is 0 Å². The molecule has 1 saturated heterocycles. The average molecular weight is 483 g/mol. The summed E-state index contributed by atoms with van der Waals surface area (Å²) < 4.78 is 0. The van der Waals surface area contributed by atoms with Crippen molar-refractivity contribution in [1.29, 1.82) is 0 Å². The maximum absolute atomic E-state index is 13.3. The number of amides is 3. The van der Waals surface area contributed by atoms with Gasteiger partial charge in [-0.1, -0.05) is 30.3 Å². The molecule has 5 rings (SSSR count). The number of hydrogen-bond donors (Lipinski definition) is 0. The zero-order valence-electron chi connectivity index (χ0n) is 20.5. The molecular formula is C29H30N4O3. The van der Waals surface area contributed by atoms with Gasteiger partial charge in [0.25, 0.3) is 17.7 Å². The van der Waals surface area contributed by atoms with Crippen molar-refractivity contribution >= 4 is 17.7 Å². The zero-order valence-corrected chi connectivity index (χ0v) is 20.5. The number of nitrogens with zero attached hydrogens (tertiary/aromatic N) is 4. The van der Waals surface area contributed by atoms with Crippen molar-refractivity contribution in [2.75, 3.05) is 26.7 Å². The third kappa shape index (κ3) is 4.93. The van der Waals surface area contributed by atoms with Crippen LogP contribution in [0, 0.1) is 0 Å². The third-order valence-electron chi connectivity index (χ3n) is 7.23. The fraction of sp³-hybridized carbons (Fsp3) is 0.310. The van der Waals surface area contributed by atoms with Crippen molar-refractivity contribution in [1.82, 2.24) is 19.7 Å². The van der Waals surface area contributed by atoms with Crippen molar-refractivity contribution < 1.29 is 14.4 Å². The Labute approximate surface area is 211 Å². The van der Waals surface area contributed by atoms with Gasteiger partial charge in [0.05, 0.1) is 17.7 Å². The van der Waals surface area contributed by atoms with Crippen LogP contribution in [-0.4, -0.2) is 70.1 Å². The minimum absolute atomic E-state index is 0.0360. The number of piperidine rings is 1. The topological polar surface area (TPSA) is 73.8 Å². The molecule has 0 unspecified atom stereocenters. The van der Waals surface area contributed by atoms with Crippen LogP contribution in [0.25, 0.3) is 0 Å². The van der Waals surface area contributed by atoms with Gasteiger partial charge in [0.1, 0.15) is 0 Å². The van der Waals surface area contributed by atoms with E-state index in [0.29, 0.717) is 16.7 Å². The Morgan fingerprint density at radius 1 is 0.944 bits per heavy atom. The van der Waals surface area contributed by atoms with Crippen molar-refractivity contribution in [2.24, 2.45) is 0 Å². The van der Waals surface area contributed by atoms with E-state index >= 15 is 0 Å². The van der Waals surface area contributed by atoms with Crippen LogP contribution in [0.2, 0.25) is 0 Å². The van der Waals surface area contributed by atoms with E-state index in [1.54, 1.807) is 36.4 Å². The molecule has 2 aliphatic rings. The van der Waals surface area contributed by atoms with E-state index in [2.05, 4.69) is 16.0 Å². The highest BCUT2D eigenvalue weighted by Crippen LogP contribution is 2.25. The summed E-state index contributed by atoms with van der Waals surface area (Å²) in [6.45, 7) is 3.02. The van der Waals surface area contributed by atoms with Crippen LogP contribution in [0.15, 0.2) is 72.9 Å². The SMILES string of the molecule is CN(C(=O)c1cccc(CN2C(=O)c3ccccc3C2=O)c1)C1CCN(CCc2ccccn2)CC1. The van der Waals surface area contributed by atoms with E-state index in [0.717, 1.165) is 50.2 Å². The minimum atomic E-state index is -0.292. The first kappa shape index (κ1) is 23.9. The first-order valence-corrected chi connectivity index (χ1v) is 12.4. The summed E-state index contributed by atoms with van der Waals surface area (Å²) in [4.78, 5) is 48.7. The van der Waals surface area contributed by atoms with E-state index < -0.39 is 0 Å². The minimum Gasteiger partial charge on any atom is -0.339 e. The molecule has 0 atom stereocenters. The number of likely N-dealkylation sites (tertiary alicyclic amines) is 1. The molecule has 0 saturated carbocycles. The van der Waals surface area contributed by atoms with E-state index in [-0.39, 0.29) is 30.3 Å². The zero-order chi connectivity index (χ0) is 25.1. The Morgan fingerprint density at radius 3 is 2.31 bits per heavy atom. The van der Waals surface area contributed by atoms with E-state index in [1.165, 1.54) is 4.90 Å². The second kappa shape index (κ2) is 10.4. The Balaban J connectivity index is 1.17. The number of fused-ring (bicyclic) bond motifs is 1. The molecule has 0 spiro atoms.